The molecule has 0 N–H and O–H groups in total. The Balaban J connectivity index is 2.79. The molecule has 1 rings (SSSR count). The number of benzene rings is 1. The molecule has 0 aromatic heterocycles. The van der Waals surface area contributed by atoms with Crippen molar-refractivity contribution in [1.29, 1.82) is 0 Å². The minimum absolute atomic E-state index is 0.000306. The second-order valence-corrected chi connectivity index (χ2v) is 4.05. The fourth-order valence-electron chi connectivity index (χ4n) is 1.07. The van der Waals surface area contributed by atoms with E-state index in [1.54, 1.807) is 0 Å². The van der Waals surface area contributed by atoms with E-state index in [1.807, 2.05) is 6.92 Å². The third-order valence-corrected chi connectivity index (χ3v) is 2.56. The first-order valence-corrected chi connectivity index (χ1v) is 5.63. The molecular weight excluding hydrogens is 254 g/mol. The van der Waals surface area contributed by atoms with Crippen molar-refractivity contribution in [3.63, 3.8) is 0 Å². The van der Waals surface area contributed by atoms with Crippen LogP contribution < -0.4 is 0 Å². The summed E-state index contributed by atoms with van der Waals surface area (Å²) in [7, 11) is 0. The summed E-state index contributed by atoms with van der Waals surface area (Å²) in [6.07, 6.45) is 1.68. The van der Waals surface area contributed by atoms with Crippen molar-refractivity contribution < 1.29 is 13.9 Å². The maximum Gasteiger partial charge on any atom is 0.339 e. The fourth-order valence-corrected chi connectivity index (χ4v) is 1.53. The van der Waals surface area contributed by atoms with Crippen molar-refractivity contribution in [3.05, 3.63) is 33.6 Å². The topological polar surface area (TPSA) is 26.3 Å². The van der Waals surface area contributed by atoms with Gasteiger partial charge >= 0.3 is 5.97 Å². The molecule has 0 bridgehead atoms. The van der Waals surface area contributed by atoms with Gasteiger partial charge in [0.15, 0.2) is 0 Å². The number of carbonyl (C=O) groups excluding carboxylic acids is 1. The molecule has 0 aliphatic heterocycles. The minimum atomic E-state index is -0.687. The maximum atomic E-state index is 13.1. The smallest absolute Gasteiger partial charge is 0.339 e. The summed E-state index contributed by atoms with van der Waals surface area (Å²) >= 11 is 11.3. The van der Waals surface area contributed by atoms with Gasteiger partial charge in [0.05, 0.1) is 22.2 Å². The molecule has 1 aromatic rings. The van der Waals surface area contributed by atoms with E-state index in [9.17, 15) is 9.18 Å². The SMILES string of the molecule is CCCCOC(=O)c1cc(F)c(Cl)cc1Cl. The number of ether oxygens (including phenoxy) is 1. The summed E-state index contributed by atoms with van der Waals surface area (Å²) in [6.45, 7) is 2.28. The monoisotopic (exact) mass is 264 g/mol. The van der Waals surface area contributed by atoms with Crippen molar-refractivity contribution >= 4 is 29.2 Å². The third-order valence-electron chi connectivity index (χ3n) is 1.96. The minimum Gasteiger partial charge on any atom is -0.462 e. The molecule has 88 valence electrons. The fraction of sp³-hybridized carbons (Fsp3) is 0.364. The second kappa shape index (κ2) is 6.06. The van der Waals surface area contributed by atoms with Crippen LogP contribution in [0.25, 0.3) is 0 Å². The van der Waals surface area contributed by atoms with Gasteiger partial charge in [-0.3, -0.25) is 0 Å². The van der Waals surface area contributed by atoms with E-state index < -0.39 is 11.8 Å². The average molecular weight is 265 g/mol. The van der Waals surface area contributed by atoms with Crippen molar-refractivity contribution in [2.24, 2.45) is 0 Å². The number of esters is 1. The summed E-state index contributed by atoms with van der Waals surface area (Å²) in [4.78, 5) is 11.5. The Hall–Kier alpha value is -0.800. The molecule has 0 heterocycles. The lowest BCUT2D eigenvalue weighted by atomic mass is 10.2. The zero-order valence-electron chi connectivity index (χ0n) is 8.73. The third kappa shape index (κ3) is 3.35. The number of unbranched alkanes of at least 4 members (excludes halogenated alkanes) is 1. The first-order chi connectivity index (χ1) is 7.56. The first-order valence-electron chi connectivity index (χ1n) is 4.88. The molecule has 0 saturated carbocycles. The lowest BCUT2D eigenvalue weighted by molar-refractivity contribution is 0.0499. The largest absolute Gasteiger partial charge is 0.462 e. The van der Waals surface area contributed by atoms with Gasteiger partial charge in [-0.15, -0.1) is 0 Å². The Morgan fingerprint density at radius 2 is 2.06 bits per heavy atom. The van der Waals surface area contributed by atoms with Gasteiger partial charge < -0.3 is 4.74 Å². The van der Waals surface area contributed by atoms with Crippen LogP contribution >= 0.6 is 23.2 Å². The number of halogens is 3. The molecule has 0 atom stereocenters. The number of carbonyl (C=O) groups is 1. The van der Waals surface area contributed by atoms with Crippen LogP contribution in [0.1, 0.15) is 30.1 Å². The van der Waals surface area contributed by atoms with E-state index in [-0.39, 0.29) is 15.6 Å². The highest BCUT2D eigenvalue weighted by Crippen LogP contribution is 2.24. The normalized spacial score (nSPS) is 10.2. The first kappa shape index (κ1) is 13.3. The molecule has 0 fully saturated rings. The van der Waals surface area contributed by atoms with E-state index >= 15 is 0 Å². The molecule has 1 aromatic carbocycles. The highest BCUT2D eigenvalue weighted by atomic mass is 35.5. The summed E-state index contributed by atoms with van der Waals surface area (Å²) in [6, 6.07) is 2.17. The second-order valence-electron chi connectivity index (χ2n) is 3.24. The molecule has 0 aliphatic carbocycles. The molecular formula is C11H11Cl2FO2. The quantitative estimate of drug-likeness (QED) is 0.465. The van der Waals surface area contributed by atoms with Crippen LogP contribution in [0.5, 0.6) is 0 Å². The zero-order chi connectivity index (χ0) is 12.1. The Labute approximate surface area is 103 Å². The molecule has 5 heteroatoms. The summed E-state index contributed by atoms with van der Waals surface area (Å²) in [5.74, 6) is -1.32. The van der Waals surface area contributed by atoms with Gasteiger partial charge in [-0.2, -0.15) is 0 Å². The summed E-state index contributed by atoms with van der Waals surface area (Å²) in [5.41, 5.74) is -0.000306. The standard InChI is InChI=1S/C11H11Cl2FO2/c1-2-3-4-16-11(15)7-5-10(14)9(13)6-8(7)12/h5-6H,2-4H2,1H3. The molecule has 0 saturated heterocycles. The van der Waals surface area contributed by atoms with E-state index in [0.717, 1.165) is 18.9 Å². The predicted molar refractivity (Wildman–Crippen MR) is 61.6 cm³/mol. The van der Waals surface area contributed by atoms with E-state index in [4.69, 9.17) is 27.9 Å². The van der Waals surface area contributed by atoms with Crippen molar-refractivity contribution in [2.75, 3.05) is 6.61 Å². The Bertz CT molecular complexity index is 394. The van der Waals surface area contributed by atoms with Crippen molar-refractivity contribution in [3.8, 4) is 0 Å². The molecule has 0 amide bonds. The van der Waals surface area contributed by atoms with Crippen molar-refractivity contribution in [1.82, 2.24) is 0 Å². The van der Waals surface area contributed by atoms with Crippen LogP contribution in [-0.2, 0) is 4.74 Å². The van der Waals surface area contributed by atoms with Gasteiger partial charge in [-0.25, -0.2) is 9.18 Å². The summed E-state index contributed by atoms with van der Waals surface area (Å²) in [5, 5.41) is -0.0250. The van der Waals surface area contributed by atoms with Gasteiger partial charge in [-0.05, 0) is 18.6 Å². The molecule has 0 radical (unpaired) electrons. The number of rotatable bonds is 4. The zero-order valence-corrected chi connectivity index (χ0v) is 10.2. The van der Waals surface area contributed by atoms with Crippen LogP contribution in [0, 0.1) is 5.82 Å². The predicted octanol–water partition coefficient (Wildman–Crippen LogP) is 4.09. The van der Waals surface area contributed by atoms with Gasteiger partial charge in [0.25, 0.3) is 0 Å². The Morgan fingerprint density at radius 3 is 2.69 bits per heavy atom. The van der Waals surface area contributed by atoms with E-state index in [1.165, 1.54) is 6.07 Å². The molecule has 2 nitrogen and oxygen atoms in total. The van der Waals surface area contributed by atoms with Crippen LogP contribution in [0.3, 0.4) is 0 Å². The molecule has 16 heavy (non-hydrogen) atoms. The van der Waals surface area contributed by atoms with Crippen LogP contribution in [0.15, 0.2) is 12.1 Å². The summed E-state index contributed by atoms with van der Waals surface area (Å²) < 4.78 is 18.0. The van der Waals surface area contributed by atoms with Gasteiger partial charge in [0.2, 0.25) is 0 Å². The average Bonchev–Trinajstić information content (AvgIpc) is 2.23. The van der Waals surface area contributed by atoms with Crippen LogP contribution in [0.4, 0.5) is 4.39 Å². The van der Waals surface area contributed by atoms with Gasteiger partial charge in [-0.1, -0.05) is 36.5 Å². The Morgan fingerprint density at radius 1 is 1.38 bits per heavy atom. The highest BCUT2D eigenvalue weighted by Gasteiger charge is 2.15. The lowest BCUT2D eigenvalue weighted by Crippen LogP contribution is -2.07. The van der Waals surface area contributed by atoms with Gasteiger partial charge in [0, 0.05) is 0 Å². The van der Waals surface area contributed by atoms with E-state index in [0.29, 0.717) is 6.61 Å². The van der Waals surface area contributed by atoms with Gasteiger partial charge in [0.1, 0.15) is 5.82 Å². The maximum absolute atomic E-state index is 13.1. The highest BCUT2D eigenvalue weighted by molar-refractivity contribution is 6.36. The molecule has 0 unspecified atom stereocenters. The number of hydrogen-bond donors (Lipinski definition) is 0. The van der Waals surface area contributed by atoms with Crippen LogP contribution in [-0.4, -0.2) is 12.6 Å². The number of hydrogen-bond acceptors (Lipinski definition) is 2. The van der Waals surface area contributed by atoms with Crippen LogP contribution in [0.2, 0.25) is 10.0 Å². The molecule has 0 spiro atoms. The van der Waals surface area contributed by atoms with E-state index in [2.05, 4.69) is 0 Å². The van der Waals surface area contributed by atoms with Crippen molar-refractivity contribution in [2.45, 2.75) is 19.8 Å². The Kier molecular flexibility index (Phi) is 5.03. The molecule has 0 aliphatic rings. The lowest BCUT2D eigenvalue weighted by Gasteiger charge is -2.06.